The molecule has 15 heavy (non-hydrogen) atoms. The monoisotopic (exact) mass is 208 g/mol. The van der Waals surface area contributed by atoms with Crippen molar-refractivity contribution in [1.29, 1.82) is 0 Å². The topological polar surface area (TPSA) is 20.2 Å². The van der Waals surface area contributed by atoms with Gasteiger partial charge in [-0.1, -0.05) is 31.2 Å². The van der Waals surface area contributed by atoms with E-state index in [1.165, 1.54) is 6.07 Å². The Bertz CT molecular complexity index is 358. The smallest absolute Gasteiger partial charge is 0.126 e. The standard InChI is InChI=1S/C13H17FO/c1-4-9(2)7-13(15)11-5-6-12(14)10(3)8-11/h5-6,8,13,15H,2,4,7H2,1,3H3. The van der Waals surface area contributed by atoms with E-state index in [1.807, 2.05) is 6.92 Å². The van der Waals surface area contributed by atoms with Gasteiger partial charge in [0, 0.05) is 0 Å². The van der Waals surface area contributed by atoms with Gasteiger partial charge in [0.1, 0.15) is 5.82 Å². The minimum atomic E-state index is -0.572. The first-order valence-electron chi connectivity index (χ1n) is 5.15. The van der Waals surface area contributed by atoms with Crippen LogP contribution in [-0.4, -0.2) is 5.11 Å². The van der Waals surface area contributed by atoms with E-state index in [0.29, 0.717) is 12.0 Å². The summed E-state index contributed by atoms with van der Waals surface area (Å²) in [6.07, 6.45) is 0.829. The van der Waals surface area contributed by atoms with Gasteiger partial charge in [-0.3, -0.25) is 0 Å². The molecule has 0 spiro atoms. The van der Waals surface area contributed by atoms with Crippen LogP contribution in [0.2, 0.25) is 0 Å². The second kappa shape index (κ2) is 5.08. The van der Waals surface area contributed by atoms with E-state index in [1.54, 1.807) is 19.1 Å². The molecule has 1 unspecified atom stereocenters. The van der Waals surface area contributed by atoms with Gasteiger partial charge in [-0.25, -0.2) is 4.39 Å². The van der Waals surface area contributed by atoms with E-state index in [0.717, 1.165) is 17.6 Å². The van der Waals surface area contributed by atoms with Gasteiger partial charge in [0.15, 0.2) is 0 Å². The number of rotatable bonds is 4. The summed E-state index contributed by atoms with van der Waals surface area (Å²) in [6.45, 7) is 7.54. The van der Waals surface area contributed by atoms with Gasteiger partial charge in [-0.15, -0.1) is 0 Å². The highest BCUT2D eigenvalue weighted by Gasteiger charge is 2.09. The summed E-state index contributed by atoms with van der Waals surface area (Å²) in [5.74, 6) is -0.236. The molecular formula is C13H17FO. The highest BCUT2D eigenvalue weighted by Crippen LogP contribution is 2.23. The summed E-state index contributed by atoms with van der Waals surface area (Å²) < 4.78 is 13.0. The molecule has 1 aromatic carbocycles. The predicted octanol–water partition coefficient (Wildman–Crippen LogP) is 3.52. The molecule has 0 heterocycles. The van der Waals surface area contributed by atoms with Crippen molar-refractivity contribution in [3.8, 4) is 0 Å². The third kappa shape index (κ3) is 3.17. The quantitative estimate of drug-likeness (QED) is 0.750. The minimum absolute atomic E-state index is 0.236. The molecule has 82 valence electrons. The molecule has 0 aliphatic rings. The van der Waals surface area contributed by atoms with Gasteiger partial charge >= 0.3 is 0 Å². The van der Waals surface area contributed by atoms with E-state index in [9.17, 15) is 9.50 Å². The lowest BCUT2D eigenvalue weighted by Gasteiger charge is -2.12. The Morgan fingerprint density at radius 3 is 2.73 bits per heavy atom. The van der Waals surface area contributed by atoms with Crippen LogP contribution in [0, 0.1) is 12.7 Å². The molecule has 0 radical (unpaired) electrons. The first kappa shape index (κ1) is 11.9. The number of aliphatic hydroxyl groups excluding tert-OH is 1. The predicted molar refractivity (Wildman–Crippen MR) is 60.1 cm³/mol. The van der Waals surface area contributed by atoms with Crippen LogP contribution in [0.15, 0.2) is 30.4 Å². The molecule has 0 aliphatic carbocycles. The Labute approximate surface area is 90.3 Å². The zero-order valence-corrected chi connectivity index (χ0v) is 9.26. The zero-order valence-electron chi connectivity index (χ0n) is 9.26. The van der Waals surface area contributed by atoms with Crippen molar-refractivity contribution in [1.82, 2.24) is 0 Å². The fraction of sp³-hybridized carbons (Fsp3) is 0.385. The molecule has 0 bridgehead atoms. The number of benzene rings is 1. The first-order chi connectivity index (χ1) is 7.04. The average molecular weight is 208 g/mol. The van der Waals surface area contributed by atoms with Gasteiger partial charge in [0.25, 0.3) is 0 Å². The highest BCUT2D eigenvalue weighted by atomic mass is 19.1. The summed E-state index contributed by atoms with van der Waals surface area (Å²) in [6, 6.07) is 4.70. The van der Waals surface area contributed by atoms with Crippen LogP contribution < -0.4 is 0 Å². The van der Waals surface area contributed by atoms with Gasteiger partial charge in [-0.2, -0.15) is 0 Å². The molecule has 1 rings (SSSR count). The van der Waals surface area contributed by atoms with Crippen LogP contribution in [0.3, 0.4) is 0 Å². The third-order valence-corrected chi connectivity index (χ3v) is 2.55. The molecule has 0 fully saturated rings. The fourth-order valence-corrected chi connectivity index (χ4v) is 1.41. The molecule has 1 aromatic rings. The minimum Gasteiger partial charge on any atom is -0.388 e. The Hall–Kier alpha value is -1.15. The van der Waals surface area contributed by atoms with Crippen LogP contribution in [0.1, 0.15) is 37.0 Å². The maximum atomic E-state index is 13.0. The van der Waals surface area contributed by atoms with Crippen molar-refractivity contribution in [2.24, 2.45) is 0 Å². The lowest BCUT2D eigenvalue weighted by atomic mass is 9.99. The maximum Gasteiger partial charge on any atom is 0.126 e. The summed E-state index contributed by atoms with van der Waals surface area (Å²) >= 11 is 0. The molecule has 1 N–H and O–H groups in total. The van der Waals surface area contributed by atoms with Crippen molar-refractivity contribution >= 4 is 0 Å². The largest absolute Gasteiger partial charge is 0.388 e. The number of hydrogen-bond donors (Lipinski definition) is 1. The summed E-state index contributed by atoms with van der Waals surface area (Å²) in [5, 5.41) is 9.85. The van der Waals surface area contributed by atoms with Crippen LogP contribution >= 0.6 is 0 Å². The van der Waals surface area contributed by atoms with Gasteiger partial charge in [-0.05, 0) is 37.0 Å². The molecule has 2 heteroatoms. The van der Waals surface area contributed by atoms with Gasteiger partial charge < -0.3 is 5.11 Å². The fourth-order valence-electron chi connectivity index (χ4n) is 1.41. The Balaban J connectivity index is 2.78. The highest BCUT2D eigenvalue weighted by molar-refractivity contribution is 5.26. The molecule has 0 aliphatic heterocycles. The summed E-state index contributed by atoms with van der Waals surface area (Å²) in [4.78, 5) is 0. The Morgan fingerprint density at radius 2 is 2.20 bits per heavy atom. The SMILES string of the molecule is C=C(CC)CC(O)c1ccc(F)c(C)c1. The van der Waals surface area contributed by atoms with Crippen LogP contribution in [0.4, 0.5) is 4.39 Å². The molecule has 1 nitrogen and oxygen atoms in total. The van der Waals surface area contributed by atoms with E-state index >= 15 is 0 Å². The van der Waals surface area contributed by atoms with Crippen LogP contribution in [0.5, 0.6) is 0 Å². The second-order valence-corrected chi connectivity index (χ2v) is 3.83. The second-order valence-electron chi connectivity index (χ2n) is 3.83. The number of aryl methyl sites for hydroxylation is 1. The number of hydrogen-bond acceptors (Lipinski definition) is 1. The van der Waals surface area contributed by atoms with E-state index in [2.05, 4.69) is 6.58 Å². The van der Waals surface area contributed by atoms with E-state index in [-0.39, 0.29) is 5.82 Å². The third-order valence-electron chi connectivity index (χ3n) is 2.55. The molecule has 0 saturated carbocycles. The normalized spacial score (nSPS) is 12.5. The van der Waals surface area contributed by atoms with Crippen molar-refractivity contribution in [3.05, 3.63) is 47.3 Å². The molecule has 0 aromatic heterocycles. The Morgan fingerprint density at radius 1 is 1.53 bits per heavy atom. The van der Waals surface area contributed by atoms with Gasteiger partial charge in [0.2, 0.25) is 0 Å². The van der Waals surface area contributed by atoms with Gasteiger partial charge in [0.05, 0.1) is 6.10 Å². The van der Waals surface area contributed by atoms with E-state index in [4.69, 9.17) is 0 Å². The molecule has 0 amide bonds. The lowest BCUT2D eigenvalue weighted by molar-refractivity contribution is 0.177. The lowest BCUT2D eigenvalue weighted by Crippen LogP contribution is -1.99. The van der Waals surface area contributed by atoms with Crippen molar-refractivity contribution in [2.45, 2.75) is 32.8 Å². The van der Waals surface area contributed by atoms with Crippen LogP contribution in [0.25, 0.3) is 0 Å². The Kier molecular flexibility index (Phi) is 4.04. The van der Waals surface area contributed by atoms with E-state index < -0.39 is 6.10 Å². The summed E-state index contributed by atoms with van der Waals surface area (Å²) in [7, 11) is 0. The molecular weight excluding hydrogens is 191 g/mol. The summed E-state index contributed by atoms with van der Waals surface area (Å²) in [5.41, 5.74) is 2.32. The van der Waals surface area contributed by atoms with Crippen LogP contribution in [-0.2, 0) is 0 Å². The van der Waals surface area contributed by atoms with Crippen molar-refractivity contribution in [2.75, 3.05) is 0 Å². The number of halogens is 1. The number of aliphatic hydroxyl groups is 1. The maximum absolute atomic E-state index is 13.0. The van der Waals surface area contributed by atoms with Crippen molar-refractivity contribution in [3.63, 3.8) is 0 Å². The first-order valence-corrected chi connectivity index (χ1v) is 5.15. The average Bonchev–Trinajstić information content (AvgIpc) is 2.21. The van der Waals surface area contributed by atoms with Crippen molar-refractivity contribution < 1.29 is 9.50 Å². The zero-order chi connectivity index (χ0) is 11.4. The molecule has 1 atom stereocenters. The molecule has 0 saturated heterocycles.